The van der Waals surface area contributed by atoms with Crippen molar-refractivity contribution in [1.29, 1.82) is 0 Å². The third kappa shape index (κ3) is 2.23. The van der Waals surface area contributed by atoms with Crippen molar-refractivity contribution < 1.29 is 14.4 Å². The summed E-state index contributed by atoms with van der Waals surface area (Å²) in [5, 5.41) is 1.77. The van der Waals surface area contributed by atoms with Crippen molar-refractivity contribution in [2.24, 2.45) is 0 Å². The number of hydroxylamine groups is 1. The van der Waals surface area contributed by atoms with Crippen molar-refractivity contribution in [3.63, 3.8) is 0 Å². The van der Waals surface area contributed by atoms with E-state index in [4.69, 9.17) is 4.84 Å². The fourth-order valence-electron chi connectivity index (χ4n) is 2.74. The molecule has 5 heteroatoms. The highest BCUT2D eigenvalue weighted by Gasteiger charge is 2.31. The molecule has 0 spiro atoms. The first kappa shape index (κ1) is 13.5. The highest BCUT2D eigenvalue weighted by Crippen LogP contribution is 2.29. The largest absolute Gasteiger partial charge is 0.364 e. The first-order valence-corrected chi connectivity index (χ1v) is 7.21. The van der Waals surface area contributed by atoms with Crippen LogP contribution in [0.4, 0.5) is 5.69 Å². The number of fused-ring (bicyclic) bond motifs is 2. The molecule has 1 aromatic heterocycles. The van der Waals surface area contributed by atoms with E-state index in [1.165, 1.54) is 0 Å². The van der Waals surface area contributed by atoms with Gasteiger partial charge in [0.15, 0.2) is 0 Å². The lowest BCUT2D eigenvalue weighted by atomic mass is 10.1. The molecule has 0 atom stereocenters. The number of hydrogen-bond acceptors (Lipinski definition) is 4. The van der Waals surface area contributed by atoms with Crippen LogP contribution in [0.3, 0.4) is 0 Å². The molecule has 0 fully saturated rings. The minimum atomic E-state index is -0.575. The Bertz CT molecular complexity index is 931. The predicted molar refractivity (Wildman–Crippen MR) is 84.8 cm³/mol. The Labute approximate surface area is 132 Å². The lowest BCUT2D eigenvalue weighted by Gasteiger charge is -2.16. The second-order valence-corrected chi connectivity index (χ2v) is 5.25. The fraction of sp³-hybridized carbons (Fsp3) is 0.0556. The summed E-state index contributed by atoms with van der Waals surface area (Å²) in [5.74, 6) is -0.827. The van der Waals surface area contributed by atoms with Crippen molar-refractivity contribution in [1.82, 2.24) is 4.98 Å². The SMILES string of the molecule is O=C(ON1C(=O)Cc2ccccc21)c1cccc2ncccc12. The Kier molecular flexibility index (Phi) is 3.05. The second kappa shape index (κ2) is 5.21. The monoisotopic (exact) mass is 304 g/mol. The standard InChI is InChI=1S/C18H12N2O3/c21-17-11-12-5-1-2-9-16(12)20(17)23-18(22)14-6-3-8-15-13(14)7-4-10-19-15/h1-10H,11H2. The zero-order valence-electron chi connectivity index (χ0n) is 12.1. The van der Waals surface area contributed by atoms with Crippen molar-refractivity contribution in [2.45, 2.75) is 6.42 Å². The van der Waals surface area contributed by atoms with Crippen LogP contribution in [0.15, 0.2) is 60.8 Å². The molecule has 4 rings (SSSR count). The van der Waals surface area contributed by atoms with Gasteiger partial charge < -0.3 is 4.84 Å². The number of nitrogens with zero attached hydrogens (tertiary/aromatic N) is 2. The van der Waals surface area contributed by atoms with Crippen LogP contribution in [0, 0.1) is 0 Å². The fourth-order valence-corrected chi connectivity index (χ4v) is 2.74. The van der Waals surface area contributed by atoms with Crippen LogP contribution in [0.2, 0.25) is 0 Å². The van der Waals surface area contributed by atoms with E-state index in [0.29, 0.717) is 22.2 Å². The van der Waals surface area contributed by atoms with E-state index in [-0.39, 0.29) is 12.3 Å². The van der Waals surface area contributed by atoms with E-state index in [0.717, 1.165) is 10.6 Å². The molecule has 0 saturated carbocycles. The Hall–Kier alpha value is -3.21. The van der Waals surface area contributed by atoms with Gasteiger partial charge in [-0.1, -0.05) is 30.3 Å². The van der Waals surface area contributed by atoms with Gasteiger partial charge in [0.1, 0.15) is 0 Å². The smallest absolute Gasteiger partial charge is 0.328 e. The molecule has 5 nitrogen and oxygen atoms in total. The number of hydrogen-bond donors (Lipinski definition) is 0. The third-order valence-electron chi connectivity index (χ3n) is 3.82. The van der Waals surface area contributed by atoms with Crippen LogP contribution >= 0.6 is 0 Å². The minimum Gasteiger partial charge on any atom is -0.328 e. The number of amides is 1. The quantitative estimate of drug-likeness (QED) is 0.730. The molecule has 0 N–H and O–H groups in total. The molecule has 0 aliphatic carbocycles. The molecule has 1 amide bonds. The predicted octanol–water partition coefficient (Wildman–Crippen LogP) is 2.90. The zero-order valence-corrected chi connectivity index (χ0v) is 12.1. The maximum absolute atomic E-state index is 12.5. The first-order valence-electron chi connectivity index (χ1n) is 7.21. The summed E-state index contributed by atoms with van der Waals surface area (Å²) < 4.78 is 0. The van der Waals surface area contributed by atoms with Crippen LogP contribution in [0.1, 0.15) is 15.9 Å². The van der Waals surface area contributed by atoms with Gasteiger partial charge in [0, 0.05) is 11.6 Å². The molecule has 0 unspecified atom stereocenters. The normalized spacial score (nSPS) is 13.2. The van der Waals surface area contributed by atoms with Crippen LogP contribution in [-0.4, -0.2) is 16.9 Å². The lowest BCUT2D eigenvalue weighted by molar-refractivity contribution is -0.122. The topological polar surface area (TPSA) is 59.5 Å². The molecule has 0 saturated heterocycles. The molecule has 1 aliphatic heterocycles. The van der Waals surface area contributed by atoms with E-state index < -0.39 is 5.97 Å². The second-order valence-electron chi connectivity index (χ2n) is 5.25. The van der Waals surface area contributed by atoms with Gasteiger partial charge in [-0.25, -0.2) is 4.79 Å². The average molecular weight is 304 g/mol. The molecule has 112 valence electrons. The Balaban J connectivity index is 1.69. The Morgan fingerprint density at radius 1 is 1.04 bits per heavy atom. The number of anilines is 1. The molecule has 1 aliphatic rings. The Morgan fingerprint density at radius 3 is 2.83 bits per heavy atom. The summed E-state index contributed by atoms with van der Waals surface area (Å²) in [6.45, 7) is 0. The van der Waals surface area contributed by atoms with Crippen LogP contribution in [0.25, 0.3) is 10.9 Å². The number of carbonyl (C=O) groups is 2. The van der Waals surface area contributed by atoms with Crippen molar-refractivity contribution in [2.75, 3.05) is 5.06 Å². The van der Waals surface area contributed by atoms with Crippen LogP contribution < -0.4 is 5.06 Å². The van der Waals surface area contributed by atoms with E-state index >= 15 is 0 Å². The van der Waals surface area contributed by atoms with Crippen LogP contribution in [-0.2, 0) is 16.1 Å². The highest BCUT2D eigenvalue weighted by molar-refractivity contribution is 6.06. The van der Waals surface area contributed by atoms with Gasteiger partial charge in [0.05, 0.1) is 23.2 Å². The molecule has 2 heterocycles. The van der Waals surface area contributed by atoms with Gasteiger partial charge in [0.25, 0.3) is 5.91 Å². The third-order valence-corrected chi connectivity index (χ3v) is 3.82. The van der Waals surface area contributed by atoms with Crippen molar-refractivity contribution in [3.05, 3.63) is 71.9 Å². The maximum Gasteiger partial charge on any atom is 0.364 e. The van der Waals surface area contributed by atoms with Crippen molar-refractivity contribution in [3.8, 4) is 0 Å². The number of benzene rings is 2. The van der Waals surface area contributed by atoms with Gasteiger partial charge in [-0.15, -0.1) is 5.06 Å². The Morgan fingerprint density at radius 2 is 1.91 bits per heavy atom. The summed E-state index contributed by atoms with van der Waals surface area (Å²) in [6.07, 6.45) is 1.90. The summed E-state index contributed by atoms with van der Waals surface area (Å²) in [5.41, 5.74) is 2.55. The molecule has 3 aromatic rings. The highest BCUT2D eigenvalue weighted by atomic mass is 16.7. The molecular formula is C18H12N2O3. The van der Waals surface area contributed by atoms with Gasteiger partial charge >= 0.3 is 5.97 Å². The lowest BCUT2D eigenvalue weighted by Crippen LogP contribution is -2.30. The maximum atomic E-state index is 12.5. The molecule has 23 heavy (non-hydrogen) atoms. The zero-order chi connectivity index (χ0) is 15.8. The number of pyridine rings is 1. The summed E-state index contributed by atoms with van der Waals surface area (Å²) in [7, 11) is 0. The van der Waals surface area contributed by atoms with E-state index in [2.05, 4.69) is 4.98 Å². The molecule has 2 aromatic carbocycles. The van der Waals surface area contributed by atoms with E-state index in [9.17, 15) is 9.59 Å². The van der Waals surface area contributed by atoms with E-state index in [1.807, 2.05) is 18.2 Å². The molecule has 0 bridgehead atoms. The van der Waals surface area contributed by atoms with Crippen molar-refractivity contribution >= 4 is 28.5 Å². The van der Waals surface area contributed by atoms with Gasteiger partial charge in [-0.2, -0.15) is 0 Å². The molecule has 0 radical (unpaired) electrons. The minimum absolute atomic E-state index is 0.237. The first-order chi connectivity index (χ1) is 11.2. The van der Waals surface area contributed by atoms with Gasteiger partial charge in [0.2, 0.25) is 0 Å². The van der Waals surface area contributed by atoms with Crippen LogP contribution in [0.5, 0.6) is 0 Å². The summed E-state index contributed by atoms with van der Waals surface area (Å²) in [6, 6.07) is 16.1. The summed E-state index contributed by atoms with van der Waals surface area (Å²) >= 11 is 0. The van der Waals surface area contributed by atoms with Gasteiger partial charge in [-0.3, -0.25) is 9.78 Å². The number of para-hydroxylation sites is 1. The number of carbonyl (C=O) groups excluding carboxylic acids is 2. The number of aromatic nitrogens is 1. The number of rotatable bonds is 2. The molecular weight excluding hydrogens is 292 g/mol. The average Bonchev–Trinajstić information content (AvgIpc) is 2.90. The van der Waals surface area contributed by atoms with E-state index in [1.54, 1.807) is 42.6 Å². The van der Waals surface area contributed by atoms with Gasteiger partial charge in [-0.05, 0) is 29.8 Å². The summed E-state index contributed by atoms with van der Waals surface area (Å²) in [4.78, 5) is 34.2.